The van der Waals surface area contributed by atoms with Gasteiger partial charge in [0.15, 0.2) is 0 Å². The van der Waals surface area contributed by atoms with Gasteiger partial charge in [-0.25, -0.2) is 0 Å². The molecule has 0 saturated carbocycles. The third-order valence-electron chi connectivity index (χ3n) is 2.53. The number of carbonyl (C=O) groups is 1. The minimum atomic E-state index is -0.167. The van der Waals surface area contributed by atoms with Gasteiger partial charge in [0.1, 0.15) is 0 Å². The van der Waals surface area contributed by atoms with E-state index in [4.69, 9.17) is 11.6 Å². The summed E-state index contributed by atoms with van der Waals surface area (Å²) in [6.45, 7) is 2.47. The summed E-state index contributed by atoms with van der Waals surface area (Å²) in [7, 11) is 0. The molecule has 0 aliphatic heterocycles. The molecule has 1 heterocycles. The van der Waals surface area contributed by atoms with E-state index in [1.54, 1.807) is 11.3 Å². The summed E-state index contributed by atoms with van der Waals surface area (Å²) >= 11 is 9.20. The van der Waals surface area contributed by atoms with Crippen molar-refractivity contribution in [1.82, 2.24) is 5.32 Å². The van der Waals surface area contributed by atoms with E-state index in [0.717, 1.165) is 9.77 Å². The molecule has 0 aliphatic carbocycles. The summed E-state index contributed by atoms with van der Waals surface area (Å²) in [6.07, 6.45) is 0. The van der Waals surface area contributed by atoms with E-state index in [1.807, 2.05) is 48.7 Å². The third kappa shape index (κ3) is 4.27. The van der Waals surface area contributed by atoms with Gasteiger partial charge in [-0.3, -0.25) is 4.79 Å². The summed E-state index contributed by atoms with van der Waals surface area (Å²) in [5, 5.41) is 5.45. The van der Waals surface area contributed by atoms with Gasteiger partial charge in [0.2, 0.25) is 5.91 Å². The Morgan fingerprint density at radius 3 is 2.84 bits per heavy atom. The molecule has 5 heteroatoms. The zero-order valence-corrected chi connectivity index (χ0v) is 12.8. The van der Waals surface area contributed by atoms with Crippen molar-refractivity contribution in [2.24, 2.45) is 0 Å². The van der Waals surface area contributed by atoms with Gasteiger partial charge in [0, 0.05) is 9.77 Å². The molecule has 1 amide bonds. The number of thiophene rings is 1. The van der Waals surface area contributed by atoms with E-state index in [-0.39, 0.29) is 11.2 Å². The molecule has 0 saturated heterocycles. The molecular formula is C14H14ClNOS2. The minimum absolute atomic E-state index is 0.0262. The van der Waals surface area contributed by atoms with Crippen molar-refractivity contribution < 1.29 is 4.79 Å². The highest BCUT2D eigenvalue weighted by Gasteiger charge is 2.15. The largest absolute Gasteiger partial charge is 0.350 e. The Labute approximate surface area is 126 Å². The molecule has 1 aromatic carbocycles. The summed E-state index contributed by atoms with van der Waals surface area (Å²) < 4.78 is 0. The second-order valence-electron chi connectivity index (χ2n) is 3.99. The predicted octanol–water partition coefficient (Wildman–Crippen LogP) is 4.20. The number of thioether (sulfide) groups is 1. The van der Waals surface area contributed by atoms with E-state index in [1.165, 1.54) is 11.8 Å². The van der Waals surface area contributed by atoms with Crippen LogP contribution < -0.4 is 5.32 Å². The Morgan fingerprint density at radius 2 is 2.16 bits per heavy atom. The number of halogens is 1. The monoisotopic (exact) mass is 311 g/mol. The first kappa shape index (κ1) is 14.4. The molecule has 2 rings (SSSR count). The van der Waals surface area contributed by atoms with Crippen LogP contribution in [-0.4, -0.2) is 11.2 Å². The maximum Gasteiger partial charge on any atom is 0.233 e. The van der Waals surface area contributed by atoms with Crippen LogP contribution in [0.15, 0.2) is 46.7 Å². The quantitative estimate of drug-likeness (QED) is 0.839. The molecule has 19 heavy (non-hydrogen) atoms. The Kier molecular flexibility index (Phi) is 5.31. The molecule has 0 spiro atoms. The van der Waals surface area contributed by atoms with Crippen LogP contribution >= 0.6 is 34.7 Å². The molecule has 0 unspecified atom stereocenters. The van der Waals surface area contributed by atoms with Gasteiger partial charge >= 0.3 is 0 Å². The van der Waals surface area contributed by atoms with Crippen LogP contribution in [0.4, 0.5) is 0 Å². The highest BCUT2D eigenvalue weighted by molar-refractivity contribution is 8.00. The fraction of sp³-hybridized carbons (Fsp3) is 0.214. The van der Waals surface area contributed by atoms with Gasteiger partial charge in [-0.15, -0.1) is 23.1 Å². The zero-order chi connectivity index (χ0) is 13.7. The maximum absolute atomic E-state index is 12.0. The van der Waals surface area contributed by atoms with E-state index >= 15 is 0 Å². The van der Waals surface area contributed by atoms with Crippen molar-refractivity contribution in [2.75, 3.05) is 0 Å². The van der Waals surface area contributed by atoms with E-state index < -0.39 is 0 Å². The van der Waals surface area contributed by atoms with E-state index in [9.17, 15) is 4.79 Å². The Hall–Kier alpha value is -0.970. The fourth-order valence-corrected chi connectivity index (χ4v) is 3.34. The van der Waals surface area contributed by atoms with Crippen LogP contribution in [0, 0.1) is 0 Å². The van der Waals surface area contributed by atoms with E-state index in [0.29, 0.717) is 11.6 Å². The maximum atomic E-state index is 12.0. The normalized spacial score (nSPS) is 12.1. The van der Waals surface area contributed by atoms with Crippen LogP contribution in [0.25, 0.3) is 0 Å². The van der Waals surface area contributed by atoms with Crippen LogP contribution in [0.5, 0.6) is 0 Å². The average molecular weight is 312 g/mol. The third-order valence-corrected chi connectivity index (χ3v) is 5.02. The number of benzene rings is 1. The minimum Gasteiger partial charge on any atom is -0.350 e. The number of nitrogens with one attached hydrogen (secondary N) is 1. The van der Waals surface area contributed by atoms with Crippen LogP contribution in [0.3, 0.4) is 0 Å². The highest BCUT2D eigenvalue weighted by Crippen LogP contribution is 2.30. The number of hydrogen-bond acceptors (Lipinski definition) is 3. The van der Waals surface area contributed by atoms with Crippen molar-refractivity contribution in [1.29, 1.82) is 0 Å². The molecule has 1 N–H and O–H groups in total. The van der Waals surface area contributed by atoms with Crippen LogP contribution in [-0.2, 0) is 11.3 Å². The first-order chi connectivity index (χ1) is 9.16. The molecule has 0 aliphatic rings. The van der Waals surface area contributed by atoms with Crippen molar-refractivity contribution in [3.05, 3.63) is 51.7 Å². The first-order valence-electron chi connectivity index (χ1n) is 5.88. The molecule has 1 atom stereocenters. The molecule has 2 nitrogen and oxygen atoms in total. The lowest BCUT2D eigenvalue weighted by molar-refractivity contribution is -0.120. The second-order valence-corrected chi connectivity index (χ2v) is 6.81. The molecule has 0 fully saturated rings. The van der Waals surface area contributed by atoms with Crippen LogP contribution in [0.2, 0.25) is 5.02 Å². The Morgan fingerprint density at radius 1 is 1.37 bits per heavy atom. The number of hydrogen-bond donors (Lipinski definition) is 1. The topological polar surface area (TPSA) is 29.1 Å². The zero-order valence-electron chi connectivity index (χ0n) is 10.4. The van der Waals surface area contributed by atoms with Gasteiger partial charge in [0.05, 0.1) is 16.8 Å². The van der Waals surface area contributed by atoms with Gasteiger partial charge < -0.3 is 5.32 Å². The van der Waals surface area contributed by atoms with Gasteiger partial charge in [-0.2, -0.15) is 0 Å². The van der Waals surface area contributed by atoms with Crippen molar-refractivity contribution in [3.8, 4) is 0 Å². The van der Waals surface area contributed by atoms with Crippen LogP contribution in [0.1, 0.15) is 11.8 Å². The van der Waals surface area contributed by atoms with Crippen molar-refractivity contribution in [3.63, 3.8) is 0 Å². The lowest BCUT2D eigenvalue weighted by atomic mass is 10.4. The molecule has 0 bridgehead atoms. The smallest absolute Gasteiger partial charge is 0.233 e. The van der Waals surface area contributed by atoms with E-state index in [2.05, 4.69) is 5.32 Å². The molecule has 100 valence electrons. The van der Waals surface area contributed by atoms with Crippen molar-refractivity contribution >= 4 is 40.6 Å². The second kappa shape index (κ2) is 6.98. The predicted molar refractivity (Wildman–Crippen MR) is 82.9 cm³/mol. The average Bonchev–Trinajstić information content (AvgIpc) is 2.91. The number of carbonyl (C=O) groups excluding carboxylic acids is 1. The summed E-state index contributed by atoms with van der Waals surface area (Å²) in [5.41, 5.74) is 0. The number of rotatable bonds is 5. The van der Waals surface area contributed by atoms with Crippen molar-refractivity contribution in [2.45, 2.75) is 23.6 Å². The molecule has 2 aromatic rings. The lowest BCUT2D eigenvalue weighted by Crippen LogP contribution is -2.30. The highest BCUT2D eigenvalue weighted by atomic mass is 35.5. The lowest BCUT2D eigenvalue weighted by Gasteiger charge is -2.12. The fourth-order valence-electron chi connectivity index (χ4n) is 1.52. The molecule has 1 aromatic heterocycles. The molecule has 0 radical (unpaired) electrons. The van der Waals surface area contributed by atoms with Gasteiger partial charge in [-0.05, 0) is 30.5 Å². The molecular weight excluding hydrogens is 298 g/mol. The summed E-state index contributed by atoms with van der Waals surface area (Å²) in [5.74, 6) is 0.0262. The summed E-state index contributed by atoms with van der Waals surface area (Å²) in [6, 6.07) is 11.6. The van der Waals surface area contributed by atoms with Gasteiger partial charge in [0.25, 0.3) is 0 Å². The van der Waals surface area contributed by atoms with Gasteiger partial charge in [-0.1, -0.05) is 29.8 Å². The standard InChI is InChI=1S/C14H14ClNOS2/c1-10(19-13-7-3-2-6-12(13)15)14(17)16-9-11-5-4-8-18-11/h2-8,10H,9H2,1H3,(H,16,17)/t10-/m1/s1. The summed E-state index contributed by atoms with van der Waals surface area (Å²) in [4.78, 5) is 14.1. The Bertz CT molecular complexity index is 542. The Balaban J connectivity index is 1.87. The first-order valence-corrected chi connectivity index (χ1v) is 8.02. The SMILES string of the molecule is C[C@@H](Sc1ccccc1Cl)C(=O)NCc1cccs1. The number of amides is 1.